The number of hydrogen-bond acceptors (Lipinski definition) is 5. The normalized spacial score (nSPS) is 27.3. The van der Waals surface area contributed by atoms with Crippen LogP contribution in [0.4, 0.5) is 0 Å². The van der Waals surface area contributed by atoms with E-state index < -0.39 is 17.2 Å². The molecule has 114 valence electrons. The molecular weight excluding hydrogens is 310 g/mol. The van der Waals surface area contributed by atoms with Crippen molar-refractivity contribution >= 4 is 23.3 Å². The van der Waals surface area contributed by atoms with Crippen molar-refractivity contribution in [2.75, 3.05) is 0 Å². The number of carboxylic acid groups (broad SMARTS) is 1. The zero-order valence-corrected chi connectivity index (χ0v) is 12.2. The van der Waals surface area contributed by atoms with E-state index in [1.807, 2.05) is 0 Å². The van der Waals surface area contributed by atoms with E-state index in [1.54, 1.807) is 30.3 Å². The van der Waals surface area contributed by atoms with Crippen molar-refractivity contribution in [2.24, 2.45) is 5.16 Å². The summed E-state index contributed by atoms with van der Waals surface area (Å²) in [4.78, 5) is 16.5. The summed E-state index contributed by atoms with van der Waals surface area (Å²) in [6, 6.07) is 10.1. The molecule has 0 bridgehead atoms. The van der Waals surface area contributed by atoms with E-state index in [-0.39, 0.29) is 16.5 Å². The Morgan fingerprint density at radius 1 is 1.27 bits per heavy atom. The largest absolute Gasteiger partial charge is 0.476 e. The number of halogens is 1. The first kappa shape index (κ1) is 14.6. The van der Waals surface area contributed by atoms with E-state index in [0.717, 1.165) is 0 Å². The Labute approximate surface area is 130 Å². The lowest BCUT2D eigenvalue weighted by atomic mass is 9.71. The van der Waals surface area contributed by atoms with Crippen molar-refractivity contribution in [1.29, 1.82) is 0 Å². The van der Waals surface area contributed by atoms with Crippen LogP contribution in [0, 0.1) is 0 Å². The molecule has 0 saturated carbocycles. The molecule has 0 spiro atoms. The molecule has 1 aromatic heterocycles. The van der Waals surface area contributed by atoms with Crippen LogP contribution in [0.15, 0.2) is 52.2 Å². The second kappa shape index (κ2) is 4.86. The summed E-state index contributed by atoms with van der Waals surface area (Å²) >= 11 is 6.05. The first-order valence-corrected chi connectivity index (χ1v) is 6.80. The van der Waals surface area contributed by atoms with Crippen LogP contribution in [0.5, 0.6) is 0 Å². The van der Waals surface area contributed by atoms with E-state index in [9.17, 15) is 15.0 Å². The van der Waals surface area contributed by atoms with Gasteiger partial charge in [-0.1, -0.05) is 47.1 Å². The Morgan fingerprint density at radius 2 is 1.95 bits per heavy atom. The molecule has 6 nitrogen and oxygen atoms in total. The molecule has 1 aliphatic rings. The highest BCUT2D eigenvalue weighted by Crippen LogP contribution is 2.45. The summed E-state index contributed by atoms with van der Waals surface area (Å²) < 4.78 is 5.29. The molecule has 1 aliphatic heterocycles. The van der Waals surface area contributed by atoms with Gasteiger partial charge in [0.15, 0.2) is 5.76 Å². The number of rotatable bonds is 3. The summed E-state index contributed by atoms with van der Waals surface area (Å²) in [5.41, 5.74) is -0.885. The Hall–Kier alpha value is -2.31. The summed E-state index contributed by atoms with van der Waals surface area (Å²) in [7, 11) is 0. The highest BCUT2D eigenvalue weighted by atomic mass is 35.5. The quantitative estimate of drug-likeness (QED) is 0.905. The van der Waals surface area contributed by atoms with Crippen LogP contribution in [0.1, 0.15) is 18.2 Å². The molecule has 2 unspecified atom stereocenters. The number of furan rings is 1. The topological polar surface area (TPSA) is 92.3 Å². The van der Waals surface area contributed by atoms with E-state index in [4.69, 9.17) is 20.9 Å². The van der Waals surface area contributed by atoms with Crippen molar-refractivity contribution in [1.82, 2.24) is 0 Å². The summed E-state index contributed by atoms with van der Waals surface area (Å²) in [5, 5.41) is 24.0. The van der Waals surface area contributed by atoms with Crippen molar-refractivity contribution in [2.45, 2.75) is 18.1 Å². The number of benzene rings is 1. The van der Waals surface area contributed by atoms with Crippen LogP contribution in [0.25, 0.3) is 0 Å². The van der Waals surface area contributed by atoms with Gasteiger partial charge in [-0.05, 0) is 18.6 Å². The molecule has 7 heteroatoms. The number of aliphatic carboxylic acids is 1. The molecular formula is C15H12ClNO5. The first-order chi connectivity index (χ1) is 10.4. The van der Waals surface area contributed by atoms with Gasteiger partial charge in [0.25, 0.3) is 0 Å². The average molecular weight is 322 g/mol. The maximum absolute atomic E-state index is 11.6. The van der Waals surface area contributed by atoms with Gasteiger partial charge in [0, 0.05) is 0 Å². The second-order valence-electron chi connectivity index (χ2n) is 5.07. The lowest BCUT2D eigenvalue weighted by Gasteiger charge is -2.33. The van der Waals surface area contributed by atoms with E-state index in [1.165, 1.54) is 19.3 Å². The summed E-state index contributed by atoms with van der Waals surface area (Å²) in [6.45, 7) is 1.52. The van der Waals surface area contributed by atoms with Gasteiger partial charge in [-0.2, -0.15) is 0 Å². The van der Waals surface area contributed by atoms with Gasteiger partial charge in [0.05, 0.1) is 11.3 Å². The Bertz CT molecular complexity index is 756. The first-order valence-electron chi connectivity index (χ1n) is 6.42. The number of nitrogens with zero attached hydrogens (tertiary/aromatic N) is 1. The third-order valence-electron chi connectivity index (χ3n) is 3.89. The Morgan fingerprint density at radius 3 is 2.50 bits per heavy atom. The van der Waals surface area contributed by atoms with E-state index >= 15 is 0 Å². The van der Waals surface area contributed by atoms with Crippen molar-refractivity contribution in [3.8, 4) is 0 Å². The number of carboxylic acids is 1. The third-order valence-corrected chi connectivity index (χ3v) is 4.19. The lowest BCUT2D eigenvalue weighted by molar-refractivity contribution is -0.230. The van der Waals surface area contributed by atoms with Crippen LogP contribution in [-0.2, 0) is 15.0 Å². The van der Waals surface area contributed by atoms with Gasteiger partial charge >= 0.3 is 11.8 Å². The van der Waals surface area contributed by atoms with Crippen molar-refractivity contribution in [3.05, 3.63) is 59.0 Å². The van der Waals surface area contributed by atoms with Crippen molar-refractivity contribution in [3.63, 3.8) is 0 Å². The monoisotopic (exact) mass is 321 g/mol. The molecule has 3 rings (SSSR count). The van der Waals surface area contributed by atoms with Gasteiger partial charge in [-0.15, -0.1) is 0 Å². The molecule has 2 aromatic rings. The molecule has 0 aliphatic carbocycles. The van der Waals surface area contributed by atoms with Crippen molar-refractivity contribution < 1.29 is 24.3 Å². The standard InChI is InChI=1S/C15H12ClNO5/c1-14(9-5-3-2-4-6-9)12(11-10(16)7-8-21-11)17-22-15(14,20)13(18)19/h2-8,20H,1H3,(H,18,19). The number of aliphatic hydroxyl groups is 1. The van der Waals surface area contributed by atoms with Crippen LogP contribution in [0.3, 0.4) is 0 Å². The van der Waals surface area contributed by atoms with E-state index in [2.05, 4.69) is 5.16 Å². The van der Waals surface area contributed by atoms with Gasteiger partial charge in [-0.25, -0.2) is 4.79 Å². The summed E-state index contributed by atoms with van der Waals surface area (Å²) in [5.74, 6) is -3.97. The SMILES string of the molecule is CC1(c2ccccc2)C(c2occc2Cl)=NOC1(O)C(=O)O. The fraction of sp³-hybridized carbons (Fsp3) is 0.200. The fourth-order valence-electron chi connectivity index (χ4n) is 2.54. The molecule has 0 amide bonds. The molecule has 2 atom stereocenters. The number of hydrogen-bond donors (Lipinski definition) is 2. The maximum Gasteiger partial charge on any atom is 0.380 e. The Kier molecular flexibility index (Phi) is 3.23. The van der Waals surface area contributed by atoms with Crippen LogP contribution in [-0.4, -0.2) is 27.7 Å². The molecule has 0 fully saturated rings. The highest BCUT2D eigenvalue weighted by Gasteiger charge is 2.65. The summed E-state index contributed by atoms with van der Waals surface area (Å²) in [6.07, 6.45) is 1.35. The minimum absolute atomic E-state index is 0.110. The van der Waals surface area contributed by atoms with Gasteiger partial charge in [-0.3, -0.25) is 0 Å². The van der Waals surface area contributed by atoms with Gasteiger partial charge in [0.1, 0.15) is 11.1 Å². The average Bonchev–Trinajstić information content (AvgIpc) is 3.04. The Balaban J connectivity index is 2.24. The van der Waals surface area contributed by atoms with Crippen LogP contribution >= 0.6 is 11.6 Å². The van der Waals surface area contributed by atoms with Gasteiger partial charge < -0.3 is 19.5 Å². The predicted molar refractivity (Wildman–Crippen MR) is 77.7 cm³/mol. The van der Waals surface area contributed by atoms with Crippen LogP contribution in [0.2, 0.25) is 5.02 Å². The molecule has 22 heavy (non-hydrogen) atoms. The second-order valence-corrected chi connectivity index (χ2v) is 5.48. The van der Waals surface area contributed by atoms with Crippen LogP contribution < -0.4 is 0 Å². The molecule has 0 radical (unpaired) electrons. The molecule has 0 saturated heterocycles. The zero-order chi connectivity index (χ0) is 16.0. The lowest BCUT2D eigenvalue weighted by Crippen LogP contribution is -2.57. The highest BCUT2D eigenvalue weighted by molar-refractivity contribution is 6.34. The smallest absolute Gasteiger partial charge is 0.380 e. The fourth-order valence-corrected chi connectivity index (χ4v) is 2.73. The number of oxime groups is 1. The zero-order valence-electron chi connectivity index (χ0n) is 11.5. The maximum atomic E-state index is 11.6. The predicted octanol–water partition coefficient (Wildman–Crippen LogP) is 2.40. The molecule has 2 heterocycles. The number of carbonyl (C=O) groups is 1. The van der Waals surface area contributed by atoms with E-state index in [0.29, 0.717) is 5.56 Å². The third kappa shape index (κ3) is 1.77. The van der Waals surface area contributed by atoms with Gasteiger partial charge in [0.2, 0.25) is 0 Å². The minimum Gasteiger partial charge on any atom is -0.476 e. The molecule has 1 aromatic carbocycles. The molecule has 2 N–H and O–H groups in total. The minimum atomic E-state index is -2.57.